The number of carbonyl (C=O) groups is 1. The molecule has 0 saturated carbocycles. The molecule has 2 N–H and O–H groups in total. The van der Waals surface area contributed by atoms with Gasteiger partial charge in [-0.15, -0.1) is 36.6 Å². The molecule has 6 heteroatoms. The summed E-state index contributed by atoms with van der Waals surface area (Å²) in [5.41, 5.74) is 0. The number of piperidine rings is 1. The van der Waals surface area contributed by atoms with Crippen LogP contribution in [0.2, 0.25) is 0 Å². The third kappa shape index (κ3) is 2.91. The Balaban J connectivity index is 0.000000720. The molecule has 13 heavy (non-hydrogen) atoms. The van der Waals surface area contributed by atoms with E-state index in [1.54, 1.807) is 11.8 Å². The summed E-state index contributed by atoms with van der Waals surface area (Å²) < 4.78 is 0. The Labute approximate surface area is 94.6 Å². The smallest absolute Gasteiger partial charge is 0.231 e. The van der Waals surface area contributed by atoms with Crippen molar-refractivity contribution in [3.05, 3.63) is 0 Å². The second kappa shape index (κ2) is 5.29. The van der Waals surface area contributed by atoms with Gasteiger partial charge in [0.15, 0.2) is 0 Å². The zero-order valence-corrected chi connectivity index (χ0v) is 9.62. The number of thioether (sulfide) groups is 1. The van der Waals surface area contributed by atoms with Gasteiger partial charge in [-0.1, -0.05) is 0 Å². The fraction of sp³-hybridized carbons (Fsp3) is 0.857. The molecular formula is C7H14Cl2N2OS. The normalized spacial score (nSPS) is 24.5. The number of amides is 1. The quantitative estimate of drug-likeness (QED) is 0.662. The number of carbonyl (C=O) groups excluding carboxylic acids is 1. The molecule has 2 heterocycles. The highest BCUT2D eigenvalue weighted by Crippen LogP contribution is 2.35. The lowest BCUT2D eigenvalue weighted by Gasteiger charge is -2.32. The van der Waals surface area contributed by atoms with Crippen LogP contribution in [-0.4, -0.2) is 29.6 Å². The maximum absolute atomic E-state index is 11.0. The molecular weight excluding hydrogens is 231 g/mol. The first kappa shape index (κ1) is 13.4. The fourth-order valence-corrected chi connectivity index (χ4v) is 2.79. The molecule has 3 nitrogen and oxygen atoms in total. The van der Waals surface area contributed by atoms with E-state index in [0.29, 0.717) is 5.75 Å². The summed E-state index contributed by atoms with van der Waals surface area (Å²) in [6.07, 6.45) is 2.15. The molecule has 0 bridgehead atoms. The average Bonchev–Trinajstić information content (AvgIpc) is 2.34. The molecule has 0 aromatic heterocycles. The molecule has 0 radical (unpaired) electrons. The Hall–Kier alpha value is 0.360. The van der Waals surface area contributed by atoms with E-state index in [9.17, 15) is 4.79 Å². The standard InChI is InChI=1S/C7H12N2OS.2ClH/c10-6-5-11-7(9-6)1-3-8-4-2-7;;/h8H,1-5H2,(H,9,10);2*1H. The van der Waals surface area contributed by atoms with Crippen molar-refractivity contribution in [2.45, 2.75) is 17.7 Å². The largest absolute Gasteiger partial charge is 0.341 e. The summed E-state index contributed by atoms with van der Waals surface area (Å²) in [7, 11) is 0. The van der Waals surface area contributed by atoms with Crippen LogP contribution in [0, 0.1) is 0 Å². The molecule has 0 unspecified atom stereocenters. The Bertz CT molecular complexity index is 185. The summed E-state index contributed by atoms with van der Waals surface area (Å²) in [6, 6.07) is 0. The van der Waals surface area contributed by atoms with Gasteiger partial charge in [-0.25, -0.2) is 0 Å². The molecule has 1 spiro atoms. The maximum Gasteiger partial charge on any atom is 0.231 e. The summed E-state index contributed by atoms with van der Waals surface area (Å²) in [6.45, 7) is 2.07. The Morgan fingerprint density at radius 2 is 1.85 bits per heavy atom. The molecule has 78 valence electrons. The number of nitrogens with one attached hydrogen (secondary N) is 2. The van der Waals surface area contributed by atoms with Crippen molar-refractivity contribution in [3.63, 3.8) is 0 Å². The zero-order valence-electron chi connectivity index (χ0n) is 7.17. The molecule has 2 rings (SSSR count). The minimum atomic E-state index is 0. The first-order valence-corrected chi connectivity index (χ1v) is 4.95. The first-order valence-electron chi connectivity index (χ1n) is 3.96. The van der Waals surface area contributed by atoms with Crippen molar-refractivity contribution in [1.29, 1.82) is 0 Å². The van der Waals surface area contributed by atoms with Crippen LogP contribution in [0.5, 0.6) is 0 Å². The molecule has 0 atom stereocenters. The van der Waals surface area contributed by atoms with E-state index >= 15 is 0 Å². The van der Waals surface area contributed by atoms with Crippen LogP contribution in [-0.2, 0) is 4.79 Å². The van der Waals surface area contributed by atoms with E-state index in [4.69, 9.17) is 0 Å². The Morgan fingerprint density at radius 1 is 1.23 bits per heavy atom. The second-order valence-electron chi connectivity index (χ2n) is 3.08. The number of halogens is 2. The third-order valence-electron chi connectivity index (χ3n) is 2.26. The number of hydrogen-bond donors (Lipinski definition) is 2. The van der Waals surface area contributed by atoms with E-state index in [2.05, 4.69) is 10.6 Å². The van der Waals surface area contributed by atoms with Crippen molar-refractivity contribution in [2.75, 3.05) is 18.8 Å². The monoisotopic (exact) mass is 244 g/mol. The van der Waals surface area contributed by atoms with E-state index in [-0.39, 0.29) is 35.6 Å². The Morgan fingerprint density at radius 3 is 2.31 bits per heavy atom. The van der Waals surface area contributed by atoms with Crippen molar-refractivity contribution in [1.82, 2.24) is 10.6 Å². The van der Waals surface area contributed by atoms with Gasteiger partial charge >= 0.3 is 0 Å². The van der Waals surface area contributed by atoms with Crippen molar-refractivity contribution in [3.8, 4) is 0 Å². The summed E-state index contributed by atoms with van der Waals surface area (Å²) >= 11 is 1.77. The lowest BCUT2D eigenvalue weighted by atomic mass is 10.1. The maximum atomic E-state index is 11.0. The summed E-state index contributed by atoms with van der Waals surface area (Å²) in [5.74, 6) is 0.858. The predicted octanol–water partition coefficient (Wildman–Crippen LogP) is 0.773. The van der Waals surface area contributed by atoms with Crippen molar-refractivity contribution < 1.29 is 4.79 Å². The van der Waals surface area contributed by atoms with Crippen LogP contribution < -0.4 is 10.6 Å². The SMILES string of the molecule is Cl.Cl.O=C1CSC2(CCNCC2)N1. The van der Waals surface area contributed by atoms with Crippen LogP contribution >= 0.6 is 36.6 Å². The van der Waals surface area contributed by atoms with Gasteiger partial charge in [-0.3, -0.25) is 4.79 Å². The molecule has 0 aliphatic carbocycles. The van der Waals surface area contributed by atoms with Gasteiger partial charge < -0.3 is 10.6 Å². The van der Waals surface area contributed by atoms with E-state index < -0.39 is 0 Å². The van der Waals surface area contributed by atoms with E-state index in [0.717, 1.165) is 25.9 Å². The lowest BCUT2D eigenvalue weighted by Crippen LogP contribution is -2.47. The van der Waals surface area contributed by atoms with Gasteiger partial charge in [0.25, 0.3) is 0 Å². The third-order valence-corrected chi connectivity index (χ3v) is 3.73. The van der Waals surface area contributed by atoms with Gasteiger partial charge in [0.1, 0.15) is 0 Å². The van der Waals surface area contributed by atoms with E-state index in [1.807, 2.05) is 0 Å². The van der Waals surface area contributed by atoms with Crippen molar-refractivity contribution in [2.24, 2.45) is 0 Å². The summed E-state index contributed by atoms with van der Waals surface area (Å²) in [4.78, 5) is 11.1. The zero-order chi connectivity index (χ0) is 7.73. The predicted molar refractivity (Wildman–Crippen MR) is 59.9 cm³/mol. The molecule has 2 saturated heterocycles. The molecule has 0 aromatic rings. The lowest BCUT2D eigenvalue weighted by molar-refractivity contribution is -0.118. The Kier molecular flexibility index (Phi) is 5.44. The highest BCUT2D eigenvalue weighted by molar-refractivity contribution is 8.01. The highest BCUT2D eigenvalue weighted by atomic mass is 35.5. The summed E-state index contributed by atoms with van der Waals surface area (Å²) in [5, 5.41) is 6.34. The van der Waals surface area contributed by atoms with Crippen LogP contribution in [0.3, 0.4) is 0 Å². The van der Waals surface area contributed by atoms with Gasteiger partial charge in [-0.2, -0.15) is 0 Å². The molecule has 0 aromatic carbocycles. The topological polar surface area (TPSA) is 41.1 Å². The molecule has 2 aliphatic heterocycles. The van der Waals surface area contributed by atoms with E-state index in [1.165, 1.54) is 0 Å². The van der Waals surface area contributed by atoms with Gasteiger partial charge in [0.05, 0.1) is 10.6 Å². The van der Waals surface area contributed by atoms with Crippen LogP contribution in [0.15, 0.2) is 0 Å². The number of hydrogen-bond acceptors (Lipinski definition) is 3. The van der Waals surface area contributed by atoms with Gasteiger partial charge in [-0.05, 0) is 25.9 Å². The van der Waals surface area contributed by atoms with Crippen LogP contribution in [0.1, 0.15) is 12.8 Å². The number of rotatable bonds is 0. The van der Waals surface area contributed by atoms with Gasteiger partial charge in [0, 0.05) is 0 Å². The van der Waals surface area contributed by atoms with Crippen molar-refractivity contribution >= 4 is 42.5 Å². The molecule has 1 amide bonds. The first-order chi connectivity index (χ1) is 5.31. The fourth-order valence-electron chi connectivity index (χ4n) is 1.63. The van der Waals surface area contributed by atoms with Crippen LogP contribution in [0.4, 0.5) is 0 Å². The average molecular weight is 245 g/mol. The second-order valence-corrected chi connectivity index (χ2v) is 4.44. The van der Waals surface area contributed by atoms with Gasteiger partial charge in [0.2, 0.25) is 5.91 Å². The van der Waals surface area contributed by atoms with Crippen LogP contribution in [0.25, 0.3) is 0 Å². The minimum Gasteiger partial charge on any atom is -0.341 e. The highest BCUT2D eigenvalue weighted by Gasteiger charge is 2.38. The molecule has 2 aliphatic rings. The minimum absolute atomic E-state index is 0. The molecule has 2 fully saturated rings.